The molecule has 0 radical (unpaired) electrons. The predicted octanol–water partition coefficient (Wildman–Crippen LogP) is 2.19. The van der Waals surface area contributed by atoms with Crippen LogP contribution in [-0.4, -0.2) is 52.4 Å². The number of nitrogens with one attached hydrogen (secondary N) is 4. The van der Waals surface area contributed by atoms with Crippen LogP contribution >= 0.6 is 49.6 Å². The Balaban J connectivity index is -0.000000301. The van der Waals surface area contributed by atoms with E-state index in [1.165, 1.54) is 0 Å². The molecule has 4 N–H and O–H groups in total. The lowest BCUT2D eigenvalue weighted by Crippen LogP contribution is -2.23. The zero-order valence-electron chi connectivity index (χ0n) is 14.2. The van der Waals surface area contributed by atoms with Crippen LogP contribution in [0.15, 0.2) is 24.8 Å². The Kier molecular flexibility index (Phi) is 50.4. The summed E-state index contributed by atoms with van der Waals surface area (Å²) in [7, 11) is 0. The second kappa shape index (κ2) is 34.4. The minimum absolute atomic E-state index is 0. The number of hydrogen-bond donors (Lipinski definition) is 4. The standard InChI is InChI=1S/C16H30N4.4ClH/c1-3-9-17-13-7-15-19-11-5-6-12-20-16-8-14-18-10-4-2;;;;/h1,4-6,17-20H,2,7-16H2;4*1H. The second-order valence-corrected chi connectivity index (χ2v) is 4.46. The molecule has 0 unspecified atom stereocenters. The van der Waals surface area contributed by atoms with E-state index in [-0.39, 0.29) is 49.6 Å². The van der Waals surface area contributed by atoms with Crippen LogP contribution in [0, 0.1) is 12.3 Å². The zero-order chi connectivity index (χ0) is 14.7. The van der Waals surface area contributed by atoms with Crippen molar-refractivity contribution in [1.82, 2.24) is 21.3 Å². The average molecular weight is 424 g/mol. The summed E-state index contributed by atoms with van der Waals surface area (Å²) in [5, 5.41) is 13.2. The Morgan fingerprint density at radius 1 is 0.708 bits per heavy atom. The fraction of sp³-hybridized carbons (Fsp3) is 0.625. The lowest BCUT2D eigenvalue weighted by Gasteiger charge is -2.03. The Labute approximate surface area is 173 Å². The molecule has 0 atom stereocenters. The summed E-state index contributed by atoms with van der Waals surface area (Å²) in [5.74, 6) is 2.56. The highest BCUT2D eigenvalue weighted by Gasteiger charge is 1.87. The average Bonchev–Trinajstić information content (AvgIpc) is 2.47. The van der Waals surface area contributed by atoms with Gasteiger partial charge in [0.15, 0.2) is 0 Å². The predicted molar refractivity (Wildman–Crippen MR) is 118 cm³/mol. The maximum atomic E-state index is 5.14. The Bertz CT molecular complexity index is 284. The van der Waals surface area contributed by atoms with Crippen LogP contribution in [0.5, 0.6) is 0 Å². The van der Waals surface area contributed by atoms with Crippen LogP contribution in [0.25, 0.3) is 0 Å². The lowest BCUT2D eigenvalue weighted by atomic mass is 10.4. The molecule has 0 aliphatic carbocycles. The lowest BCUT2D eigenvalue weighted by molar-refractivity contribution is 0.635. The molecule has 0 saturated carbocycles. The third-order valence-corrected chi connectivity index (χ3v) is 2.62. The van der Waals surface area contributed by atoms with Gasteiger partial charge in [-0.3, -0.25) is 0 Å². The van der Waals surface area contributed by atoms with E-state index in [2.05, 4.69) is 45.9 Å². The number of halogens is 4. The highest BCUT2D eigenvalue weighted by molar-refractivity contribution is 5.86. The van der Waals surface area contributed by atoms with Crippen LogP contribution < -0.4 is 21.3 Å². The fourth-order valence-corrected chi connectivity index (χ4v) is 1.58. The summed E-state index contributed by atoms with van der Waals surface area (Å²) in [6.07, 6.45) is 13.6. The van der Waals surface area contributed by atoms with Crippen LogP contribution in [0.4, 0.5) is 0 Å². The number of terminal acetylenes is 1. The summed E-state index contributed by atoms with van der Waals surface area (Å²) in [5.41, 5.74) is 0. The largest absolute Gasteiger partial charge is 0.313 e. The summed E-state index contributed by atoms with van der Waals surface area (Å²) < 4.78 is 0. The summed E-state index contributed by atoms with van der Waals surface area (Å²) in [4.78, 5) is 0. The SMILES string of the molecule is C#CCNCCCNCC=CCNCCCNCC=C.Cl.Cl.Cl.Cl. The monoisotopic (exact) mass is 422 g/mol. The van der Waals surface area contributed by atoms with Gasteiger partial charge in [-0.1, -0.05) is 24.1 Å². The molecule has 0 fully saturated rings. The van der Waals surface area contributed by atoms with E-state index in [0.717, 1.165) is 58.7 Å². The molecule has 146 valence electrons. The molecule has 4 nitrogen and oxygen atoms in total. The third kappa shape index (κ3) is 33.6. The van der Waals surface area contributed by atoms with Crippen LogP contribution in [0.3, 0.4) is 0 Å². The minimum Gasteiger partial charge on any atom is -0.313 e. The van der Waals surface area contributed by atoms with Crippen LogP contribution in [0.2, 0.25) is 0 Å². The van der Waals surface area contributed by atoms with Gasteiger partial charge in [-0.05, 0) is 39.0 Å². The molecule has 0 aromatic rings. The number of hydrogen-bond acceptors (Lipinski definition) is 4. The maximum Gasteiger partial charge on any atom is 0.0573 e. The van der Waals surface area contributed by atoms with Crippen molar-refractivity contribution in [2.24, 2.45) is 0 Å². The van der Waals surface area contributed by atoms with Gasteiger partial charge in [0.1, 0.15) is 0 Å². The van der Waals surface area contributed by atoms with Gasteiger partial charge in [0.05, 0.1) is 6.54 Å². The van der Waals surface area contributed by atoms with Crippen molar-refractivity contribution in [3.63, 3.8) is 0 Å². The quantitative estimate of drug-likeness (QED) is 0.185. The fourth-order valence-electron chi connectivity index (χ4n) is 1.58. The van der Waals surface area contributed by atoms with Gasteiger partial charge in [0.25, 0.3) is 0 Å². The number of rotatable bonds is 15. The highest BCUT2D eigenvalue weighted by atomic mass is 35.5. The van der Waals surface area contributed by atoms with Gasteiger partial charge in [-0.25, -0.2) is 0 Å². The van der Waals surface area contributed by atoms with Crippen LogP contribution in [-0.2, 0) is 0 Å². The van der Waals surface area contributed by atoms with Crippen molar-refractivity contribution in [3.05, 3.63) is 24.8 Å². The molecule has 0 rings (SSSR count). The molecule has 24 heavy (non-hydrogen) atoms. The molecule has 0 bridgehead atoms. The first-order valence-corrected chi connectivity index (χ1v) is 7.44. The summed E-state index contributed by atoms with van der Waals surface area (Å²) >= 11 is 0. The molecule has 0 saturated heterocycles. The Morgan fingerprint density at radius 2 is 1.12 bits per heavy atom. The van der Waals surface area contributed by atoms with Crippen LogP contribution in [0.1, 0.15) is 12.8 Å². The first-order chi connectivity index (χ1) is 9.91. The second-order valence-electron chi connectivity index (χ2n) is 4.46. The van der Waals surface area contributed by atoms with Gasteiger partial charge in [0.2, 0.25) is 0 Å². The van der Waals surface area contributed by atoms with Crippen molar-refractivity contribution < 1.29 is 0 Å². The van der Waals surface area contributed by atoms with Crippen molar-refractivity contribution in [2.75, 3.05) is 52.4 Å². The Morgan fingerprint density at radius 3 is 1.54 bits per heavy atom. The van der Waals surface area contributed by atoms with Gasteiger partial charge < -0.3 is 21.3 Å². The summed E-state index contributed by atoms with van der Waals surface area (Å²) in [6, 6.07) is 0. The van der Waals surface area contributed by atoms with Gasteiger partial charge in [0, 0.05) is 19.6 Å². The van der Waals surface area contributed by atoms with E-state index in [1.807, 2.05) is 6.08 Å². The van der Waals surface area contributed by atoms with Gasteiger partial charge in [-0.15, -0.1) is 62.6 Å². The Hall–Kier alpha value is 0.0400. The van der Waals surface area contributed by atoms with E-state index >= 15 is 0 Å². The molecule has 0 heterocycles. The van der Waals surface area contributed by atoms with E-state index in [4.69, 9.17) is 6.42 Å². The van der Waals surface area contributed by atoms with Crippen molar-refractivity contribution >= 4 is 49.6 Å². The van der Waals surface area contributed by atoms with E-state index in [0.29, 0.717) is 6.54 Å². The van der Waals surface area contributed by atoms with Crippen molar-refractivity contribution in [3.8, 4) is 12.3 Å². The molecule has 0 aliphatic rings. The zero-order valence-corrected chi connectivity index (χ0v) is 17.5. The molecule has 0 aliphatic heterocycles. The van der Waals surface area contributed by atoms with E-state index < -0.39 is 0 Å². The van der Waals surface area contributed by atoms with E-state index in [9.17, 15) is 0 Å². The molecule has 0 spiro atoms. The molecular weight excluding hydrogens is 390 g/mol. The highest BCUT2D eigenvalue weighted by Crippen LogP contribution is 1.76. The molecule has 0 aromatic carbocycles. The molecule has 8 heteroatoms. The maximum absolute atomic E-state index is 5.14. The normalized spacial score (nSPS) is 8.96. The van der Waals surface area contributed by atoms with Gasteiger partial charge in [-0.2, -0.15) is 0 Å². The first kappa shape index (κ1) is 35.2. The molecular formula is C16H34Cl4N4. The molecule has 0 aromatic heterocycles. The minimum atomic E-state index is 0. The van der Waals surface area contributed by atoms with Crippen molar-refractivity contribution in [2.45, 2.75) is 12.8 Å². The van der Waals surface area contributed by atoms with Gasteiger partial charge >= 0.3 is 0 Å². The smallest absolute Gasteiger partial charge is 0.0573 e. The van der Waals surface area contributed by atoms with E-state index in [1.54, 1.807) is 0 Å². The third-order valence-electron chi connectivity index (χ3n) is 2.62. The van der Waals surface area contributed by atoms with Crippen molar-refractivity contribution in [1.29, 1.82) is 0 Å². The first-order valence-electron chi connectivity index (χ1n) is 7.44. The summed E-state index contributed by atoms with van der Waals surface area (Å²) in [6.45, 7) is 11.2. The topological polar surface area (TPSA) is 48.1 Å². The molecule has 0 amide bonds.